The van der Waals surface area contributed by atoms with Crippen LogP contribution >= 0.6 is 31.9 Å². The SMILES string of the molecule is CC(=O)CC(Br)CCBr. The number of Topliss-reactive ketones (excluding diaryl/α,β-unsaturated/α-hetero) is 1. The van der Waals surface area contributed by atoms with E-state index in [0.29, 0.717) is 11.2 Å². The Morgan fingerprint density at radius 1 is 1.67 bits per heavy atom. The fourth-order valence-electron chi connectivity index (χ4n) is 0.532. The molecule has 0 heterocycles. The lowest BCUT2D eigenvalue weighted by Gasteiger charge is -2.02. The van der Waals surface area contributed by atoms with E-state index in [4.69, 9.17) is 0 Å². The molecular weight excluding hydrogens is 248 g/mol. The number of carbonyl (C=O) groups is 1. The lowest BCUT2D eigenvalue weighted by atomic mass is 10.2. The van der Waals surface area contributed by atoms with E-state index < -0.39 is 0 Å². The van der Waals surface area contributed by atoms with Crippen molar-refractivity contribution in [2.75, 3.05) is 5.33 Å². The summed E-state index contributed by atoms with van der Waals surface area (Å²) in [5.74, 6) is 0.248. The molecule has 1 nitrogen and oxygen atoms in total. The second-order valence-corrected chi connectivity index (χ2v) is 4.07. The number of hydrogen-bond acceptors (Lipinski definition) is 1. The van der Waals surface area contributed by atoms with Gasteiger partial charge < -0.3 is 0 Å². The molecule has 3 heteroatoms. The van der Waals surface area contributed by atoms with E-state index in [1.165, 1.54) is 0 Å². The summed E-state index contributed by atoms with van der Waals surface area (Å²) in [6.07, 6.45) is 1.66. The summed E-state index contributed by atoms with van der Waals surface area (Å²) in [7, 11) is 0. The molecule has 0 fully saturated rings. The molecule has 0 aliphatic rings. The predicted molar refractivity (Wildman–Crippen MR) is 46.4 cm³/mol. The van der Waals surface area contributed by atoms with Crippen LogP contribution in [0.3, 0.4) is 0 Å². The van der Waals surface area contributed by atoms with E-state index in [-0.39, 0.29) is 5.78 Å². The second kappa shape index (κ2) is 5.42. The Balaban J connectivity index is 3.26. The highest BCUT2D eigenvalue weighted by Crippen LogP contribution is 2.11. The van der Waals surface area contributed by atoms with Gasteiger partial charge in [0.2, 0.25) is 0 Å². The van der Waals surface area contributed by atoms with Crippen LogP contribution in [0.1, 0.15) is 19.8 Å². The number of rotatable bonds is 4. The third kappa shape index (κ3) is 6.52. The third-order valence-corrected chi connectivity index (χ3v) is 2.17. The molecular formula is C6H10Br2O. The number of ketones is 1. The molecule has 0 bridgehead atoms. The molecule has 0 saturated carbocycles. The average molecular weight is 258 g/mol. The van der Waals surface area contributed by atoms with E-state index >= 15 is 0 Å². The number of hydrogen-bond donors (Lipinski definition) is 0. The molecule has 0 amide bonds. The van der Waals surface area contributed by atoms with Crippen LogP contribution in [0.25, 0.3) is 0 Å². The Morgan fingerprint density at radius 2 is 2.22 bits per heavy atom. The summed E-state index contributed by atoms with van der Waals surface area (Å²) < 4.78 is 0. The molecule has 0 spiro atoms. The number of carbonyl (C=O) groups excluding carboxylic acids is 1. The fraction of sp³-hybridized carbons (Fsp3) is 0.833. The molecule has 0 aromatic rings. The molecule has 0 aromatic heterocycles. The van der Waals surface area contributed by atoms with E-state index in [1.807, 2.05) is 0 Å². The molecule has 0 saturated heterocycles. The molecule has 0 radical (unpaired) electrons. The number of alkyl halides is 2. The van der Waals surface area contributed by atoms with Crippen molar-refractivity contribution in [3.8, 4) is 0 Å². The minimum atomic E-state index is 0.248. The van der Waals surface area contributed by atoms with E-state index in [9.17, 15) is 4.79 Å². The summed E-state index contributed by atoms with van der Waals surface area (Å²) in [5.41, 5.74) is 0. The molecule has 0 aliphatic heterocycles. The normalized spacial score (nSPS) is 13.2. The smallest absolute Gasteiger partial charge is 0.130 e. The molecule has 0 aliphatic carbocycles. The maximum absolute atomic E-state index is 10.5. The van der Waals surface area contributed by atoms with E-state index in [0.717, 1.165) is 11.8 Å². The Morgan fingerprint density at radius 3 is 2.56 bits per heavy atom. The highest BCUT2D eigenvalue weighted by molar-refractivity contribution is 9.10. The van der Waals surface area contributed by atoms with Gasteiger partial charge >= 0.3 is 0 Å². The Bertz CT molecular complexity index is 93.1. The van der Waals surface area contributed by atoms with Gasteiger partial charge in [-0.3, -0.25) is 4.79 Å². The standard InChI is InChI=1S/C6H10Br2O/c1-5(9)4-6(8)2-3-7/h6H,2-4H2,1H3. The van der Waals surface area contributed by atoms with Crippen LogP contribution in [0.5, 0.6) is 0 Å². The quantitative estimate of drug-likeness (QED) is 0.708. The van der Waals surface area contributed by atoms with Crippen LogP contribution in [-0.4, -0.2) is 15.9 Å². The van der Waals surface area contributed by atoms with Crippen LogP contribution < -0.4 is 0 Å². The summed E-state index contributed by atoms with van der Waals surface area (Å²) in [6, 6.07) is 0. The Labute approximate surface area is 72.5 Å². The van der Waals surface area contributed by atoms with Gasteiger partial charge in [-0.1, -0.05) is 31.9 Å². The van der Waals surface area contributed by atoms with Crippen molar-refractivity contribution in [3.05, 3.63) is 0 Å². The van der Waals surface area contributed by atoms with Crippen molar-refractivity contribution >= 4 is 37.6 Å². The van der Waals surface area contributed by atoms with Gasteiger partial charge in [0, 0.05) is 16.6 Å². The molecule has 0 N–H and O–H groups in total. The van der Waals surface area contributed by atoms with Crippen molar-refractivity contribution in [1.82, 2.24) is 0 Å². The highest BCUT2D eigenvalue weighted by atomic mass is 79.9. The summed E-state index contributed by atoms with van der Waals surface area (Å²) >= 11 is 6.69. The van der Waals surface area contributed by atoms with Crippen LogP contribution in [0, 0.1) is 0 Å². The molecule has 0 aromatic carbocycles. The van der Waals surface area contributed by atoms with Crippen LogP contribution in [0.2, 0.25) is 0 Å². The fourth-order valence-corrected chi connectivity index (χ4v) is 2.38. The van der Waals surface area contributed by atoms with Crippen molar-refractivity contribution in [2.45, 2.75) is 24.6 Å². The monoisotopic (exact) mass is 256 g/mol. The minimum Gasteiger partial charge on any atom is -0.300 e. The van der Waals surface area contributed by atoms with Gasteiger partial charge in [0.1, 0.15) is 5.78 Å². The van der Waals surface area contributed by atoms with Crippen LogP contribution in [0.15, 0.2) is 0 Å². The Kier molecular flexibility index (Phi) is 5.80. The summed E-state index contributed by atoms with van der Waals surface area (Å²) in [5, 5.41) is 0.955. The lowest BCUT2D eigenvalue weighted by molar-refractivity contribution is -0.116. The van der Waals surface area contributed by atoms with Gasteiger partial charge in [-0.15, -0.1) is 0 Å². The first kappa shape index (κ1) is 9.63. The van der Waals surface area contributed by atoms with Gasteiger partial charge in [0.05, 0.1) is 0 Å². The lowest BCUT2D eigenvalue weighted by Crippen LogP contribution is -2.04. The van der Waals surface area contributed by atoms with Crippen molar-refractivity contribution in [1.29, 1.82) is 0 Å². The second-order valence-electron chi connectivity index (χ2n) is 1.98. The first-order valence-electron chi connectivity index (χ1n) is 2.86. The molecule has 54 valence electrons. The highest BCUT2D eigenvalue weighted by Gasteiger charge is 2.04. The maximum atomic E-state index is 10.5. The van der Waals surface area contributed by atoms with Gasteiger partial charge in [0.15, 0.2) is 0 Å². The molecule has 1 unspecified atom stereocenters. The van der Waals surface area contributed by atoms with Crippen LogP contribution in [-0.2, 0) is 4.79 Å². The Hall–Kier alpha value is 0.630. The zero-order valence-corrected chi connectivity index (χ0v) is 8.53. The van der Waals surface area contributed by atoms with Crippen LogP contribution in [0.4, 0.5) is 0 Å². The van der Waals surface area contributed by atoms with Gasteiger partial charge in [-0.2, -0.15) is 0 Å². The maximum Gasteiger partial charge on any atom is 0.130 e. The van der Waals surface area contributed by atoms with E-state index in [1.54, 1.807) is 6.92 Å². The zero-order chi connectivity index (χ0) is 7.28. The van der Waals surface area contributed by atoms with Gasteiger partial charge in [0.25, 0.3) is 0 Å². The van der Waals surface area contributed by atoms with E-state index in [2.05, 4.69) is 31.9 Å². The summed E-state index contributed by atoms with van der Waals surface area (Å²) in [4.78, 5) is 10.8. The topological polar surface area (TPSA) is 17.1 Å². The molecule has 0 rings (SSSR count). The summed E-state index contributed by atoms with van der Waals surface area (Å²) in [6.45, 7) is 1.61. The van der Waals surface area contributed by atoms with Crippen molar-refractivity contribution < 1.29 is 4.79 Å². The third-order valence-electron chi connectivity index (χ3n) is 0.931. The number of halogens is 2. The minimum absolute atomic E-state index is 0.248. The van der Waals surface area contributed by atoms with Crippen molar-refractivity contribution in [2.24, 2.45) is 0 Å². The largest absolute Gasteiger partial charge is 0.300 e. The predicted octanol–water partition coefficient (Wildman–Crippen LogP) is 2.51. The average Bonchev–Trinajstić information content (AvgIpc) is 1.63. The first-order chi connectivity index (χ1) is 4.16. The first-order valence-corrected chi connectivity index (χ1v) is 4.90. The molecule has 9 heavy (non-hydrogen) atoms. The van der Waals surface area contributed by atoms with Gasteiger partial charge in [-0.25, -0.2) is 0 Å². The van der Waals surface area contributed by atoms with Gasteiger partial charge in [-0.05, 0) is 13.3 Å². The molecule has 1 atom stereocenters. The zero-order valence-electron chi connectivity index (χ0n) is 5.36. The van der Waals surface area contributed by atoms with Crippen molar-refractivity contribution in [3.63, 3.8) is 0 Å².